The Hall–Kier alpha value is -3.15. The van der Waals surface area contributed by atoms with Gasteiger partial charge in [0.15, 0.2) is 0 Å². The lowest BCUT2D eigenvalue weighted by atomic mass is 9.87. The Bertz CT molecular complexity index is 778. The molecule has 0 unspecified atom stereocenters. The smallest absolute Gasteiger partial charge is 0.269 e. The maximum Gasteiger partial charge on any atom is 0.269 e. The van der Waals surface area contributed by atoms with Crippen LogP contribution in [0.1, 0.15) is 47.1 Å². The monoisotopic (exact) mass is 353 g/mol. The van der Waals surface area contributed by atoms with Crippen molar-refractivity contribution in [1.29, 1.82) is 0 Å². The summed E-state index contributed by atoms with van der Waals surface area (Å²) in [5.41, 5.74) is 6.62. The number of amides is 3. The molecule has 0 spiro atoms. The van der Waals surface area contributed by atoms with Crippen molar-refractivity contribution in [3.63, 3.8) is 0 Å². The lowest BCUT2D eigenvalue weighted by Gasteiger charge is -2.19. The third kappa shape index (κ3) is 5.44. The molecule has 0 bridgehead atoms. The number of nitrogens with one attached hydrogen (secondary N) is 3. The van der Waals surface area contributed by atoms with Crippen LogP contribution in [0.5, 0.6) is 0 Å². The van der Waals surface area contributed by atoms with Crippen LogP contribution in [0.2, 0.25) is 0 Å². The first-order valence-electron chi connectivity index (χ1n) is 8.30. The van der Waals surface area contributed by atoms with E-state index in [4.69, 9.17) is 0 Å². The summed E-state index contributed by atoms with van der Waals surface area (Å²) < 4.78 is 0. The maximum absolute atomic E-state index is 12.1. The zero-order valence-electron chi connectivity index (χ0n) is 15.1. The molecule has 0 aliphatic heterocycles. The van der Waals surface area contributed by atoms with E-state index in [1.54, 1.807) is 42.5 Å². The van der Waals surface area contributed by atoms with E-state index in [0.717, 1.165) is 5.56 Å². The molecule has 0 aliphatic rings. The fraction of sp³-hybridized carbons (Fsp3) is 0.250. The van der Waals surface area contributed by atoms with Gasteiger partial charge in [0.25, 0.3) is 17.7 Å². The lowest BCUT2D eigenvalue weighted by Crippen LogP contribution is -2.46. The van der Waals surface area contributed by atoms with E-state index in [2.05, 4.69) is 36.9 Å². The third-order valence-electron chi connectivity index (χ3n) is 3.77. The topological polar surface area (TPSA) is 87.3 Å². The summed E-state index contributed by atoms with van der Waals surface area (Å²) in [4.78, 5) is 35.7. The minimum Gasteiger partial charge on any atom is -0.343 e. The second-order valence-electron chi connectivity index (χ2n) is 6.88. The summed E-state index contributed by atoms with van der Waals surface area (Å²) in [7, 11) is 0. The van der Waals surface area contributed by atoms with E-state index in [1.807, 2.05) is 12.1 Å². The van der Waals surface area contributed by atoms with Crippen molar-refractivity contribution >= 4 is 17.7 Å². The number of rotatable bonds is 4. The van der Waals surface area contributed by atoms with Crippen LogP contribution in [0.25, 0.3) is 0 Å². The molecule has 136 valence electrons. The van der Waals surface area contributed by atoms with Crippen LogP contribution < -0.4 is 16.2 Å². The molecule has 0 radical (unpaired) electrons. The van der Waals surface area contributed by atoms with Crippen molar-refractivity contribution in [2.24, 2.45) is 0 Å². The highest BCUT2D eigenvalue weighted by Crippen LogP contribution is 2.22. The van der Waals surface area contributed by atoms with E-state index in [9.17, 15) is 14.4 Å². The minimum atomic E-state index is -0.519. The van der Waals surface area contributed by atoms with Crippen LogP contribution in [0.15, 0.2) is 54.6 Å². The number of carbonyl (C=O) groups excluding carboxylic acids is 3. The summed E-state index contributed by atoms with van der Waals surface area (Å²) in [6, 6.07) is 15.8. The van der Waals surface area contributed by atoms with Gasteiger partial charge in [-0.05, 0) is 35.2 Å². The molecule has 0 fully saturated rings. The van der Waals surface area contributed by atoms with Crippen molar-refractivity contribution in [2.75, 3.05) is 6.54 Å². The first kappa shape index (κ1) is 19.2. The van der Waals surface area contributed by atoms with Crippen LogP contribution in [0.4, 0.5) is 0 Å². The first-order chi connectivity index (χ1) is 12.3. The zero-order chi connectivity index (χ0) is 19.2. The summed E-state index contributed by atoms with van der Waals surface area (Å²) in [6.07, 6.45) is 0. The zero-order valence-corrected chi connectivity index (χ0v) is 15.1. The molecule has 0 aromatic heterocycles. The van der Waals surface area contributed by atoms with E-state index in [-0.39, 0.29) is 17.9 Å². The Labute approximate surface area is 153 Å². The number of hydrogen-bond acceptors (Lipinski definition) is 3. The Kier molecular flexibility index (Phi) is 6.11. The first-order valence-corrected chi connectivity index (χ1v) is 8.30. The van der Waals surface area contributed by atoms with E-state index in [0.29, 0.717) is 11.1 Å². The Balaban J connectivity index is 1.80. The molecular formula is C20H23N3O3. The molecule has 0 atom stereocenters. The van der Waals surface area contributed by atoms with Gasteiger partial charge in [-0.1, -0.05) is 51.1 Å². The van der Waals surface area contributed by atoms with Gasteiger partial charge in [0.05, 0.1) is 6.54 Å². The fourth-order valence-electron chi connectivity index (χ4n) is 2.22. The molecule has 0 aliphatic carbocycles. The molecule has 3 amide bonds. The normalized spacial score (nSPS) is 10.7. The fourth-order valence-corrected chi connectivity index (χ4v) is 2.22. The second kappa shape index (κ2) is 8.29. The molecule has 6 heteroatoms. The van der Waals surface area contributed by atoms with Crippen LogP contribution in [-0.2, 0) is 10.2 Å². The molecule has 26 heavy (non-hydrogen) atoms. The quantitative estimate of drug-likeness (QED) is 0.736. The second-order valence-corrected chi connectivity index (χ2v) is 6.88. The number of hydrazine groups is 1. The average Bonchev–Trinajstić information content (AvgIpc) is 2.64. The highest BCUT2D eigenvalue weighted by Gasteiger charge is 2.14. The highest BCUT2D eigenvalue weighted by molar-refractivity contribution is 5.98. The van der Waals surface area contributed by atoms with Gasteiger partial charge >= 0.3 is 0 Å². The van der Waals surface area contributed by atoms with E-state index < -0.39 is 11.8 Å². The van der Waals surface area contributed by atoms with Crippen molar-refractivity contribution in [3.05, 3.63) is 71.3 Å². The lowest BCUT2D eigenvalue weighted by molar-refractivity contribution is -0.120. The van der Waals surface area contributed by atoms with Crippen LogP contribution >= 0.6 is 0 Å². The Morgan fingerprint density at radius 2 is 1.35 bits per heavy atom. The number of benzene rings is 2. The minimum absolute atomic E-state index is 0.000181. The summed E-state index contributed by atoms with van der Waals surface area (Å²) in [6.45, 7) is 6.03. The van der Waals surface area contributed by atoms with E-state index in [1.165, 1.54) is 0 Å². The molecule has 2 rings (SSSR count). The van der Waals surface area contributed by atoms with Crippen LogP contribution in [-0.4, -0.2) is 24.3 Å². The molecular weight excluding hydrogens is 330 g/mol. The van der Waals surface area contributed by atoms with Crippen molar-refractivity contribution in [3.8, 4) is 0 Å². The van der Waals surface area contributed by atoms with Gasteiger partial charge in [-0.15, -0.1) is 0 Å². The molecule has 0 saturated heterocycles. The van der Waals surface area contributed by atoms with Gasteiger partial charge in [-0.25, -0.2) is 0 Å². The predicted molar refractivity (Wildman–Crippen MR) is 99.5 cm³/mol. The Morgan fingerprint density at radius 1 is 0.769 bits per heavy atom. The molecule has 3 N–H and O–H groups in total. The molecule has 0 heterocycles. The molecule has 2 aromatic rings. The molecule has 2 aromatic carbocycles. The predicted octanol–water partition coefficient (Wildman–Crippen LogP) is 2.18. The summed E-state index contributed by atoms with van der Waals surface area (Å²) >= 11 is 0. The van der Waals surface area contributed by atoms with Gasteiger partial charge in [-0.3, -0.25) is 25.2 Å². The third-order valence-corrected chi connectivity index (χ3v) is 3.77. The van der Waals surface area contributed by atoms with Crippen molar-refractivity contribution in [1.82, 2.24) is 16.2 Å². The van der Waals surface area contributed by atoms with Crippen LogP contribution in [0, 0.1) is 0 Å². The van der Waals surface area contributed by atoms with Gasteiger partial charge in [-0.2, -0.15) is 0 Å². The summed E-state index contributed by atoms with van der Waals surface area (Å²) in [5.74, 6) is -1.30. The van der Waals surface area contributed by atoms with Crippen LogP contribution in [0.3, 0.4) is 0 Å². The standard InChI is InChI=1S/C20H23N3O3/c1-20(2,3)16-11-9-15(10-12-16)19(26)23-22-17(24)13-21-18(25)14-7-5-4-6-8-14/h4-12H,13H2,1-3H3,(H,21,25)(H,22,24)(H,23,26). The Morgan fingerprint density at radius 3 is 1.92 bits per heavy atom. The number of carbonyl (C=O) groups is 3. The van der Waals surface area contributed by atoms with Crippen molar-refractivity contribution < 1.29 is 14.4 Å². The van der Waals surface area contributed by atoms with Crippen molar-refractivity contribution in [2.45, 2.75) is 26.2 Å². The number of hydrogen-bond donors (Lipinski definition) is 3. The highest BCUT2D eigenvalue weighted by atomic mass is 16.2. The largest absolute Gasteiger partial charge is 0.343 e. The van der Waals surface area contributed by atoms with Gasteiger partial charge < -0.3 is 5.32 Å². The molecule has 6 nitrogen and oxygen atoms in total. The molecule has 0 saturated carbocycles. The van der Waals surface area contributed by atoms with E-state index >= 15 is 0 Å². The average molecular weight is 353 g/mol. The van der Waals surface area contributed by atoms with Gasteiger partial charge in [0.1, 0.15) is 0 Å². The van der Waals surface area contributed by atoms with Gasteiger partial charge in [0.2, 0.25) is 0 Å². The summed E-state index contributed by atoms with van der Waals surface area (Å²) in [5, 5.41) is 2.48. The maximum atomic E-state index is 12.1. The van der Waals surface area contributed by atoms with Gasteiger partial charge in [0, 0.05) is 11.1 Å². The SMILES string of the molecule is CC(C)(C)c1ccc(C(=O)NNC(=O)CNC(=O)c2ccccc2)cc1.